The molecule has 0 atom stereocenters. The van der Waals surface area contributed by atoms with Crippen LogP contribution in [0.25, 0.3) is 0 Å². The zero-order valence-electron chi connectivity index (χ0n) is 18.1. The monoisotopic (exact) mass is 448 g/mol. The normalized spacial score (nSPS) is 12.5. The Balaban J connectivity index is 2.47. The smallest absolute Gasteiger partial charge is 0.252 e. The van der Waals surface area contributed by atoms with Gasteiger partial charge >= 0.3 is 0 Å². The van der Waals surface area contributed by atoms with E-state index < -0.39 is 10.0 Å². The number of methoxy groups -OCH3 is 1. The molecule has 0 fully saturated rings. The number of hydrogen-bond acceptors (Lipinski definition) is 6. The van der Waals surface area contributed by atoms with Crippen LogP contribution in [0.5, 0.6) is 0 Å². The molecule has 0 saturated heterocycles. The summed E-state index contributed by atoms with van der Waals surface area (Å²) in [6.45, 7) is 10.7. The Hall–Kier alpha value is -1.20. The van der Waals surface area contributed by atoms with E-state index in [9.17, 15) is 8.42 Å². The number of rotatable bonds is 15. The van der Waals surface area contributed by atoms with Gasteiger partial charge in [0.1, 0.15) is 4.21 Å². The van der Waals surface area contributed by atoms with Crippen molar-refractivity contribution in [3.63, 3.8) is 0 Å². The van der Waals surface area contributed by atoms with Crippen LogP contribution in [0.3, 0.4) is 0 Å². The molecule has 0 radical (unpaired) electrons. The maximum atomic E-state index is 12.6. The van der Waals surface area contributed by atoms with Gasteiger partial charge in [0.25, 0.3) is 10.0 Å². The molecule has 8 nitrogen and oxygen atoms in total. The number of aliphatic imine (C=N–C) groups is 1. The third-order valence-electron chi connectivity index (χ3n) is 4.09. The van der Waals surface area contributed by atoms with Crippen LogP contribution < -0.4 is 10.6 Å². The van der Waals surface area contributed by atoms with E-state index in [4.69, 9.17) is 9.47 Å². The Labute approximate surface area is 179 Å². The third-order valence-corrected chi connectivity index (χ3v) is 7.76. The molecule has 2 N–H and O–H groups in total. The lowest BCUT2D eigenvalue weighted by atomic mass is 10.3. The number of thiophene rings is 1. The minimum Gasteiger partial charge on any atom is -0.382 e. The maximum Gasteiger partial charge on any atom is 0.252 e. The van der Waals surface area contributed by atoms with Gasteiger partial charge in [-0.1, -0.05) is 13.8 Å². The number of nitrogens with zero attached hydrogens (tertiary/aromatic N) is 2. The average Bonchev–Trinajstić information content (AvgIpc) is 3.18. The van der Waals surface area contributed by atoms with Gasteiger partial charge in [-0.05, 0) is 31.9 Å². The molecular formula is C19H36N4O4S2. The Morgan fingerprint density at radius 3 is 2.55 bits per heavy atom. The Morgan fingerprint density at radius 2 is 1.90 bits per heavy atom. The van der Waals surface area contributed by atoms with Gasteiger partial charge in [-0.15, -0.1) is 11.3 Å². The van der Waals surface area contributed by atoms with E-state index in [2.05, 4.69) is 15.6 Å². The molecule has 0 amide bonds. The second-order valence-corrected chi connectivity index (χ2v) is 9.54. The average molecular weight is 449 g/mol. The Kier molecular flexibility index (Phi) is 13.1. The maximum absolute atomic E-state index is 12.6. The molecule has 0 saturated carbocycles. The summed E-state index contributed by atoms with van der Waals surface area (Å²) in [5.41, 5.74) is 0. The molecule has 0 unspecified atom stereocenters. The van der Waals surface area contributed by atoms with Gasteiger partial charge in [-0.25, -0.2) is 8.42 Å². The van der Waals surface area contributed by atoms with Crippen LogP contribution in [0, 0.1) is 0 Å². The molecule has 1 aromatic heterocycles. The molecule has 1 rings (SSSR count). The van der Waals surface area contributed by atoms with Gasteiger partial charge in [-0.2, -0.15) is 4.31 Å². The zero-order valence-corrected chi connectivity index (χ0v) is 19.7. The number of nitrogens with one attached hydrogen (secondary N) is 2. The molecule has 29 heavy (non-hydrogen) atoms. The predicted molar refractivity (Wildman–Crippen MR) is 119 cm³/mol. The largest absolute Gasteiger partial charge is 0.382 e. The van der Waals surface area contributed by atoms with Gasteiger partial charge in [0, 0.05) is 51.3 Å². The highest BCUT2D eigenvalue weighted by atomic mass is 32.2. The molecule has 0 aliphatic carbocycles. The van der Waals surface area contributed by atoms with Crippen molar-refractivity contribution in [2.24, 2.45) is 4.99 Å². The van der Waals surface area contributed by atoms with E-state index in [0.29, 0.717) is 50.2 Å². The summed E-state index contributed by atoms with van der Waals surface area (Å²) in [5, 5.41) is 6.52. The van der Waals surface area contributed by atoms with Crippen molar-refractivity contribution in [2.75, 3.05) is 59.7 Å². The van der Waals surface area contributed by atoms with Crippen molar-refractivity contribution in [2.45, 2.75) is 37.8 Å². The van der Waals surface area contributed by atoms with Crippen LogP contribution in [0.2, 0.25) is 0 Å². The van der Waals surface area contributed by atoms with Crippen molar-refractivity contribution < 1.29 is 17.9 Å². The number of hydrogen-bond donors (Lipinski definition) is 2. The first kappa shape index (κ1) is 25.8. The molecule has 1 aromatic rings. The van der Waals surface area contributed by atoms with Crippen LogP contribution in [-0.4, -0.2) is 78.3 Å². The highest BCUT2D eigenvalue weighted by Crippen LogP contribution is 2.25. The van der Waals surface area contributed by atoms with Gasteiger partial charge < -0.3 is 20.1 Å². The van der Waals surface area contributed by atoms with Crippen LogP contribution >= 0.6 is 11.3 Å². The van der Waals surface area contributed by atoms with Gasteiger partial charge in [0.2, 0.25) is 0 Å². The van der Waals surface area contributed by atoms with E-state index in [0.717, 1.165) is 30.2 Å². The molecule has 1 heterocycles. The minimum absolute atomic E-state index is 0.408. The molecular weight excluding hydrogens is 412 g/mol. The highest BCUT2D eigenvalue weighted by Gasteiger charge is 2.23. The first-order valence-corrected chi connectivity index (χ1v) is 12.4. The Bertz CT molecular complexity index is 688. The van der Waals surface area contributed by atoms with E-state index in [1.807, 2.05) is 26.8 Å². The molecule has 0 aliphatic rings. The second-order valence-electron chi connectivity index (χ2n) is 6.21. The quantitative estimate of drug-likeness (QED) is 0.242. The van der Waals surface area contributed by atoms with E-state index >= 15 is 0 Å². The standard InChI is InChI=1S/C19H36N4O4S2/c1-5-20-19(21-12-8-14-27-16-15-26-4)22-13-11-17-9-10-18(28-17)29(24,25)23(6-2)7-3/h9-10H,5-8,11-16H2,1-4H3,(H2,20,21,22). The molecule has 0 aliphatic heterocycles. The lowest BCUT2D eigenvalue weighted by Gasteiger charge is -2.16. The summed E-state index contributed by atoms with van der Waals surface area (Å²) in [7, 11) is -1.72. The van der Waals surface area contributed by atoms with Crippen molar-refractivity contribution >= 4 is 27.3 Å². The summed E-state index contributed by atoms with van der Waals surface area (Å²) >= 11 is 1.34. The van der Waals surface area contributed by atoms with Crippen LogP contribution in [0.15, 0.2) is 21.3 Å². The lowest BCUT2D eigenvalue weighted by Crippen LogP contribution is -2.38. The van der Waals surface area contributed by atoms with Crippen LogP contribution in [-0.2, 0) is 25.9 Å². The summed E-state index contributed by atoms with van der Waals surface area (Å²) in [5.74, 6) is 0.761. The van der Waals surface area contributed by atoms with E-state index in [-0.39, 0.29) is 0 Å². The van der Waals surface area contributed by atoms with Crippen molar-refractivity contribution in [1.82, 2.24) is 14.9 Å². The predicted octanol–water partition coefficient (Wildman–Crippen LogP) is 1.93. The third kappa shape index (κ3) is 9.43. The first-order valence-electron chi connectivity index (χ1n) is 10.2. The lowest BCUT2D eigenvalue weighted by molar-refractivity contribution is 0.0702. The fourth-order valence-corrected chi connectivity index (χ4v) is 5.54. The Morgan fingerprint density at radius 1 is 1.14 bits per heavy atom. The van der Waals surface area contributed by atoms with Crippen LogP contribution in [0.1, 0.15) is 32.1 Å². The molecule has 168 valence electrons. The summed E-state index contributed by atoms with van der Waals surface area (Å²) in [6, 6.07) is 3.60. The molecule has 0 bridgehead atoms. The zero-order chi connectivity index (χ0) is 21.5. The summed E-state index contributed by atoms with van der Waals surface area (Å²) in [4.78, 5) is 5.57. The van der Waals surface area contributed by atoms with E-state index in [1.54, 1.807) is 13.2 Å². The molecule has 0 aromatic carbocycles. The fraction of sp³-hybridized carbons (Fsp3) is 0.737. The SMILES string of the molecule is CCNC(=NCCCOCCOC)NCCc1ccc(S(=O)(=O)N(CC)CC)s1. The van der Waals surface area contributed by atoms with Gasteiger partial charge in [-0.3, -0.25) is 4.99 Å². The molecule has 10 heteroatoms. The van der Waals surface area contributed by atoms with Crippen LogP contribution in [0.4, 0.5) is 0 Å². The highest BCUT2D eigenvalue weighted by molar-refractivity contribution is 7.91. The second kappa shape index (κ2) is 14.7. The summed E-state index contributed by atoms with van der Waals surface area (Å²) in [6.07, 6.45) is 1.58. The first-order chi connectivity index (χ1) is 14.0. The van der Waals surface area contributed by atoms with Crippen molar-refractivity contribution in [1.29, 1.82) is 0 Å². The van der Waals surface area contributed by atoms with Gasteiger partial charge in [0.15, 0.2) is 5.96 Å². The number of ether oxygens (including phenoxy) is 2. The fourth-order valence-electron chi connectivity index (χ4n) is 2.57. The summed E-state index contributed by atoms with van der Waals surface area (Å²) < 4.78 is 37.4. The minimum atomic E-state index is -3.38. The van der Waals surface area contributed by atoms with Gasteiger partial charge in [0.05, 0.1) is 13.2 Å². The van der Waals surface area contributed by atoms with Crippen molar-refractivity contribution in [3.05, 3.63) is 17.0 Å². The molecule has 0 spiro atoms. The number of guanidine groups is 1. The van der Waals surface area contributed by atoms with E-state index in [1.165, 1.54) is 15.6 Å². The topological polar surface area (TPSA) is 92.3 Å². The number of sulfonamides is 1. The van der Waals surface area contributed by atoms with Crippen molar-refractivity contribution in [3.8, 4) is 0 Å².